The van der Waals surface area contributed by atoms with Gasteiger partial charge in [0.15, 0.2) is 12.4 Å². The summed E-state index contributed by atoms with van der Waals surface area (Å²) in [5, 5.41) is 7.91. The number of nitrogens with zero attached hydrogens (tertiary/aromatic N) is 2. The molecule has 0 radical (unpaired) electrons. The number of ketones is 1. The zero-order valence-corrected chi connectivity index (χ0v) is 28.0. The molecule has 3 aromatic carbocycles. The fourth-order valence-corrected chi connectivity index (χ4v) is 6.33. The number of esters is 1. The molecule has 5 rings (SSSR count). The van der Waals surface area contributed by atoms with Gasteiger partial charge >= 0.3 is 5.97 Å². The standard InChI is InChI=1S/C35H34Cl2N4O8/c1-48-23-11-5-10-22(19-23)32(44)38-26-15-16-30(43)40-17-7-14-28(41(40)34(26)46)33(45)39-27(18-21-8-3-2-4-9-21)29(42)20-49-35(47)31-24(36)12-6-13-25(31)37/h2-6,8-13,19,26-28H,7,14-18,20H2,1H3,(H,38,44)(H,39,45)/t26?,27-,28-/m0/s1. The number of nitrogens with one attached hydrogen (secondary N) is 2. The number of Topliss-reactive ketones (excluding diaryl/α,β-unsaturated/α-hetero) is 1. The van der Waals surface area contributed by atoms with E-state index in [9.17, 15) is 28.8 Å². The molecule has 0 spiro atoms. The lowest BCUT2D eigenvalue weighted by molar-refractivity contribution is -0.176. The van der Waals surface area contributed by atoms with Crippen LogP contribution in [-0.4, -0.2) is 83.8 Å². The topological polar surface area (TPSA) is 151 Å². The molecule has 3 aromatic rings. The average molecular weight is 710 g/mol. The second-order valence-electron chi connectivity index (χ2n) is 11.5. The van der Waals surface area contributed by atoms with Crippen molar-refractivity contribution in [2.24, 2.45) is 0 Å². The molecule has 3 atom stereocenters. The Bertz CT molecular complexity index is 1730. The van der Waals surface area contributed by atoms with Crippen LogP contribution < -0.4 is 15.4 Å². The molecule has 0 aliphatic carbocycles. The maximum absolute atomic E-state index is 14.0. The van der Waals surface area contributed by atoms with Crippen molar-refractivity contribution in [3.05, 3.63) is 99.5 Å². The fourth-order valence-electron chi connectivity index (χ4n) is 5.78. The van der Waals surface area contributed by atoms with Crippen molar-refractivity contribution in [2.45, 2.75) is 50.2 Å². The van der Waals surface area contributed by atoms with Crippen molar-refractivity contribution in [2.75, 3.05) is 20.3 Å². The molecule has 2 aliphatic rings. The van der Waals surface area contributed by atoms with E-state index in [0.29, 0.717) is 17.7 Å². The molecule has 0 bridgehead atoms. The molecule has 2 fully saturated rings. The van der Waals surface area contributed by atoms with Crippen LogP contribution in [0.3, 0.4) is 0 Å². The zero-order chi connectivity index (χ0) is 35.1. The third-order valence-corrected chi connectivity index (χ3v) is 8.93. The van der Waals surface area contributed by atoms with Crippen LogP contribution in [0.2, 0.25) is 10.0 Å². The molecule has 0 saturated carbocycles. The van der Waals surface area contributed by atoms with E-state index in [1.807, 2.05) is 0 Å². The number of ether oxygens (including phenoxy) is 2. The molecule has 0 aromatic heterocycles. The van der Waals surface area contributed by atoms with Crippen molar-refractivity contribution in [1.82, 2.24) is 20.7 Å². The summed E-state index contributed by atoms with van der Waals surface area (Å²) in [6, 6.07) is 16.4. The minimum Gasteiger partial charge on any atom is -0.497 e. The molecule has 2 N–H and O–H groups in total. The second kappa shape index (κ2) is 16.0. The van der Waals surface area contributed by atoms with Gasteiger partial charge in [-0.05, 0) is 61.6 Å². The first-order chi connectivity index (χ1) is 23.6. The summed E-state index contributed by atoms with van der Waals surface area (Å²) in [4.78, 5) is 80.5. The molecule has 2 heterocycles. The van der Waals surface area contributed by atoms with Crippen LogP contribution in [0.5, 0.6) is 5.75 Å². The van der Waals surface area contributed by atoms with Crippen LogP contribution >= 0.6 is 23.2 Å². The van der Waals surface area contributed by atoms with E-state index < -0.39 is 54.2 Å². The number of benzene rings is 3. The number of hydrazine groups is 1. The SMILES string of the molecule is COc1cccc(C(=O)NC2CCC(=O)N3CCC[C@@H](C(=O)N[C@@H](Cc4ccccc4)C(=O)COC(=O)c4c(Cl)cccc4Cl)N3C2=O)c1. The highest BCUT2D eigenvalue weighted by atomic mass is 35.5. The van der Waals surface area contributed by atoms with Gasteiger partial charge in [-0.2, -0.15) is 0 Å². The molecule has 12 nitrogen and oxygen atoms in total. The Morgan fingerprint density at radius 3 is 2.37 bits per heavy atom. The van der Waals surface area contributed by atoms with E-state index in [-0.39, 0.29) is 59.3 Å². The van der Waals surface area contributed by atoms with Gasteiger partial charge in [0.1, 0.15) is 17.8 Å². The Morgan fingerprint density at radius 1 is 0.939 bits per heavy atom. The van der Waals surface area contributed by atoms with Crippen LogP contribution in [0.25, 0.3) is 0 Å². The van der Waals surface area contributed by atoms with E-state index in [1.54, 1.807) is 54.6 Å². The Morgan fingerprint density at radius 2 is 1.65 bits per heavy atom. The van der Waals surface area contributed by atoms with Gasteiger partial charge in [0.2, 0.25) is 11.8 Å². The van der Waals surface area contributed by atoms with E-state index in [1.165, 1.54) is 30.3 Å². The van der Waals surface area contributed by atoms with Crippen molar-refractivity contribution < 1.29 is 38.2 Å². The summed E-state index contributed by atoms with van der Waals surface area (Å²) in [5.41, 5.74) is 0.877. The van der Waals surface area contributed by atoms with Gasteiger partial charge in [0, 0.05) is 18.5 Å². The molecule has 4 amide bonds. The first-order valence-electron chi connectivity index (χ1n) is 15.6. The van der Waals surface area contributed by atoms with Crippen molar-refractivity contribution in [1.29, 1.82) is 0 Å². The van der Waals surface area contributed by atoms with Gasteiger partial charge in [0.05, 0.1) is 28.8 Å². The van der Waals surface area contributed by atoms with Crippen molar-refractivity contribution in [3.63, 3.8) is 0 Å². The average Bonchev–Trinajstić information content (AvgIpc) is 3.22. The van der Waals surface area contributed by atoms with Crippen LogP contribution in [0, 0.1) is 0 Å². The van der Waals surface area contributed by atoms with Gasteiger partial charge in [-0.3, -0.25) is 29.0 Å². The summed E-state index contributed by atoms with van der Waals surface area (Å²) in [6.45, 7) is -0.494. The molecule has 14 heteroatoms. The molecule has 2 aliphatic heterocycles. The monoisotopic (exact) mass is 708 g/mol. The molecule has 1 unspecified atom stereocenters. The molecular formula is C35H34Cl2N4O8. The number of hydrogen-bond donors (Lipinski definition) is 2. The van der Waals surface area contributed by atoms with Gasteiger partial charge in [0.25, 0.3) is 11.8 Å². The van der Waals surface area contributed by atoms with Crippen molar-refractivity contribution >= 4 is 58.6 Å². The fraction of sp³-hybridized carbons (Fsp3) is 0.314. The Labute approximate surface area is 292 Å². The smallest absolute Gasteiger partial charge is 0.341 e. The first-order valence-corrected chi connectivity index (χ1v) is 16.4. The summed E-state index contributed by atoms with van der Waals surface area (Å²) in [6.07, 6.45) is 0.671. The summed E-state index contributed by atoms with van der Waals surface area (Å²) >= 11 is 12.2. The predicted molar refractivity (Wildman–Crippen MR) is 179 cm³/mol. The zero-order valence-electron chi connectivity index (χ0n) is 26.5. The van der Waals surface area contributed by atoms with E-state index in [0.717, 1.165) is 5.01 Å². The normalized spacial score (nSPS) is 18.1. The Hall–Kier alpha value is -4.94. The number of carbonyl (C=O) groups excluding carboxylic acids is 6. The Kier molecular flexibility index (Phi) is 11.5. The summed E-state index contributed by atoms with van der Waals surface area (Å²) < 4.78 is 10.5. The van der Waals surface area contributed by atoms with Gasteiger partial charge < -0.3 is 20.1 Å². The van der Waals surface area contributed by atoms with Crippen LogP contribution in [0.4, 0.5) is 0 Å². The minimum absolute atomic E-state index is 0.0322. The van der Waals surface area contributed by atoms with Crippen LogP contribution in [0.15, 0.2) is 72.8 Å². The van der Waals surface area contributed by atoms with Crippen LogP contribution in [0.1, 0.15) is 52.0 Å². The Balaban J connectivity index is 1.34. The van der Waals surface area contributed by atoms with Gasteiger partial charge in [-0.25, -0.2) is 9.80 Å². The van der Waals surface area contributed by atoms with Crippen molar-refractivity contribution in [3.8, 4) is 5.75 Å². The first kappa shape index (κ1) is 35.4. The molecule has 2 saturated heterocycles. The summed E-state index contributed by atoms with van der Waals surface area (Å²) in [5.74, 6) is -3.30. The quantitative estimate of drug-likeness (QED) is 0.286. The summed E-state index contributed by atoms with van der Waals surface area (Å²) in [7, 11) is 1.47. The number of hydrogen-bond acceptors (Lipinski definition) is 8. The third kappa shape index (κ3) is 8.38. The van der Waals surface area contributed by atoms with E-state index in [4.69, 9.17) is 32.7 Å². The lowest BCUT2D eigenvalue weighted by Gasteiger charge is -2.43. The molecule has 256 valence electrons. The van der Waals surface area contributed by atoms with Gasteiger partial charge in [-0.1, -0.05) is 65.7 Å². The molecular weight excluding hydrogens is 675 g/mol. The second-order valence-corrected chi connectivity index (χ2v) is 12.4. The number of methoxy groups -OCH3 is 1. The highest BCUT2D eigenvalue weighted by Crippen LogP contribution is 2.27. The number of amides is 4. The highest BCUT2D eigenvalue weighted by Gasteiger charge is 2.45. The maximum atomic E-state index is 14.0. The highest BCUT2D eigenvalue weighted by molar-refractivity contribution is 6.39. The lowest BCUT2D eigenvalue weighted by Crippen LogP contribution is -2.64. The van der Waals surface area contributed by atoms with E-state index >= 15 is 0 Å². The number of fused-ring (bicyclic) bond motifs is 1. The van der Waals surface area contributed by atoms with E-state index in [2.05, 4.69) is 10.6 Å². The predicted octanol–water partition coefficient (Wildman–Crippen LogP) is 3.78. The minimum atomic E-state index is -1.17. The lowest BCUT2D eigenvalue weighted by atomic mass is 10.0. The number of carbonyl (C=O) groups is 6. The van der Waals surface area contributed by atoms with Crippen LogP contribution in [-0.2, 0) is 30.3 Å². The third-order valence-electron chi connectivity index (χ3n) is 8.30. The molecule has 49 heavy (non-hydrogen) atoms. The number of rotatable bonds is 11. The maximum Gasteiger partial charge on any atom is 0.341 e. The number of halogens is 2. The largest absolute Gasteiger partial charge is 0.497 e. The van der Waals surface area contributed by atoms with Gasteiger partial charge in [-0.15, -0.1) is 0 Å².